The van der Waals surface area contributed by atoms with Crippen molar-refractivity contribution < 1.29 is 9.59 Å². The van der Waals surface area contributed by atoms with Crippen LogP contribution in [0.25, 0.3) is 0 Å². The largest absolute Gasteiger partial charge is 0.353 e. The van der Waals surface area contributed by atoms with E-state index in [9.17, 15) is 9.59 Å². The van der Waals surface area contributed by atoms with E-state index in [2.05, 4.69) is 15.3 Å². The van der Waals surface area contributed by atoms with Gasteiger partial charge in [0.2, 0.25) is 5.91 Å². The Morgan fingerprint density at radius 2 is 1.88 bits per heavy atom. The molecule has 1 aliphatic rings. The topological polar surface area (TPSA) is 75.2 Å². The first-order valence-corrected chi connectivity index (χ1v) is 8.52. The fourth-order valence-electron chi connectivity index (χ4n) is 2.97. The van der Waals surface area contributed by atoms with Gasteiger partial charge in [-0.2, -0.15) is 0 Å². The molecule has 130 valence electrons. The molecule has 2 heterocycles. The minimum Gasteiger partial charge on any atom is -0.353 e. The van der Waals surface area contributed by atoms with Crippen molar-refractivity contribution in [3.63, 3.8) is 0 Å². The Kier molecular flexibility index (Phi) is 5.38. The minimum atomic E-state index is -0.0995. The van der Waals surface area contributed by atoms with Gasteiger partial charge in [-0.25, -0.2) is 4.98 Å². The summed E-state index contributed by atoms with van der Waals surface area (Å²) in [4.78, 5) is 34.3. The molecule has 0 radical (unpaired) electrons. The Hall–Kier alpha value is -2.76. The molecule has 0 bridgehead atoms. The van der Waals surface area contributed by atoms with E-state index in [1.165, 1.54) is 18.0 Å². The number of nitrogens with zero attached hydrogens (tertiary/aromatic N) is 3. The third-order valence-corrected chi connectivity index (χ3v) is 4.41. The summed E-state index contributed by atoms with van der Waals surface area (Å²) >= 11 is 0. The molecule has 6 heteroatoms. The standard InChI is InChI=1S/C19H22N4O2/c1-14-2-4-15(5-3-14)12-18(24)22-16-6-10-23(11-7-16)19(25)17-13-20-8-9-21-17/h2-5,8-9,13,16H,6-7,10-12H2,1H3,(H,22,24). The number of nitrogens with one attached hydrogen (secondary N) is 1. The van der Waals surface area contributed by atoms with E-state index < -0.39 is 0 Å². The highest BCUT2D eigenvalue weighted by Gasteiger charge is 2.25. The summed E-state index contributed by atoms with van der Waals surface area (Å²) in [6.45, 7) is 3.26. The maximum absolute atomic E-state index is 12.3. The van der Waals surface area contributed by atoms with Gasteiger partial charge in [-0.15, -0.1) is 0 Å². The Bertz CT molecular complexity index is 723. The smallest absolute Gasteiger partial charge is 0.274 e. The van der Waals surface area contributed by atoms with Gasteiger partial charge in [0.05, 0.1) is 12.6 Å². The molecule has 0 saturated carbocycles. The van der Waals surface area contributed by atoms with E-state index >= 15 is 0 Å². The maximum Gasteiger partial charge on any atom is 0.274 e. The first kappa shape index (κ1) is 17.1. The number of carbonyl (C=O) groups excluding carboxylic acids is 2. The van der Waals surface area contributed by atoms with Gasteiger partial charge in [0.25, 0.3) is 5.91 Å². The lowest BCUT2D eigenvalue weighted by molar-refractivity contribution is -0.121. The number of hydrogen-bond acceptors (Lipinski definition) is 4. The highest BCUT2D eigenvalue weighted by atomic mass is 16.2. The average Bonchev–Trinajstić information content (AvgIpc) is 2.64. The Balaban J connectivity index is 1.46. The molecular formula is C19H22N4O2. The first-order valence-electron chi connectivity index (χ1n) is 8.52. The van der Waals surface area contributed by atoms with E-state index in [1.54, 1.807) is 11.1 Å². The highest BCUT2D eigenvalue weighted by Crippen LogP contribution is 2.13. The average molecular weight is 338 g/mol. The predicted molar refractivity (Wildman–Crippen MR) is 94.0 cm³/mol. The molecule has 1 saturated heterocycles. The third-order valence-electron chi connectivity index (χ3n) is 4.41. The van der Waals surface area contributed by atoms with Crippen LogP contribution in [0, 0.1) is 6.92 Å². The van der Waals surface area contributed by atoms with Gasteiger partial charge >= 0.3 is 0 Å². The van der Waals surface area contributed by atoms with E-state index in [0.29, 0.717) is 25.2 Å². The lowest BCUT2D eigenvalue weighted by atomic mass is 10.0. The fourth-order valence-corrected chi connectivity index (χ4v) is 2.97. The normalized spacial score (nSPS) is 15.0. The van der Waals surface area contributed by atoms with Crippen molar-refractivity contribution in [1.29, 1.82) is 0 Å². The van der Waals surface area contributed by atoms with Crippen molar-refractivity contribution in [3.05, 3.63) is 59.7 Å². The number of carbonyl (C=O) groups is 2. The lowest BCUT2D eigenvalue weighted by Crippen LogP contribution is -2.47. The summed E-state index contributed by atoms with van der Waals surface area (Å²) in [5.41, 5.74) is 2.56. The highest BCUT2D eigenvalue weighted by molar-refractivity contribution is 5.92. The fraction of sp³-hybridized carbons (Fsp3) is 0.368. The number of amides is 2. The van der Waals surface area contributed by atoms with E-state index in [-0.39, 0.29) is 17.9 Å². The van der Waals surface area contributed by atoms with Crippen LogP contribution in [-0.2, 0) is 11.2 Å². The SMILES string of the molecule is Cc1ccc(CC(=O)NC2CCN(C(=O)c3cnccn3)CC2)cc1. The Labute approximate surface area is 147 Å². The predicted octanol–water partition coefficient (Wildman–Crippen LogP) is 1.75. The zero-order valence-electron chi connectivity index (χ0n) is 14.3. The number of benzene rings is 1. The van der Waals surface area contributed by atoms with Crippen molar-refractivity contribution in [2.24, 2.45) is 0 Å². The van der Waals surface area contributed by atoms with Crippen LogP contribution in [-0.4, -0.2) is 45.8 Å². The quantitative estimate of drug-likeness (QED) is 0.921. The zero-order chi connectivity index (χ0) is 17.6. The van der Waals surface area contributed by atoms with E-state index in [4.69, 9.17) is 0 Å². The van der Waals surface area contributed by atoms with Gasteiger partial charge in [0.1, 0.15) is 5.69 Å². The molecule has 1 aromatic heterocycles. The van der Waals surface area contributed by atoms with Gasteiger partial charge in [-0.3, -0.25) is 14.6 Å². The second kappa shape index (κ2) is 7.88. The zero-order valence-corrected chi connectivity index (χ0v) is 14.3. The van der Waals surface area contributed by atoms with Crippen molar-refractivity contribution in [1.82, 2.24) is 20.2 Å². The molecule has 3 rings (SSSR count). The van der Waals surface area contributed by atoms with Crippen LogP contribution in [0.15, 0.2) is 42.9 Å². The second-order valence-corrected chi connectivity index (χ2v) is 6.39. The summed E-state index contributed by atoms with van der Waals surface area (Å²) in [5, 5.41) is 3.08. The van der Waals surface area contributed by atoms with E-state index in [1.807, 2.05) is 31.2 Å². The summed E-state index contributed by atoms with van der Waals surface area (Å²) in [6, 6.07) is 8.11. The molecule has 2 aromatic rings. The molecule has 1 N–H and O–H groups in total. The molecule has 0 unspecified atom stereocenters. The van der Waals surface area contributed by atoms with Gasteiger partial charge in [-0.1, -0.05) is 29.8 Å². The minimum absolute atomic E-state index is 0.0301. The van der Waals surface area contributed by atoms with Gasteiger partial charge in [-0.05, 0) is 25.3 Å². The molecule has 0 atom stereocenters. The number of aromatic nitrogens is 2. The molecule has 25 heavy (non-hydrogen) atoms. The molecule has 1 aliphatic heterocycles. The Morgan fingerprint density at radius 3 is 2.52 bits per heavy atom. The molecule has 0 spiro atoms. The summed E-state index contributed by atoms with van der Waals surface area (Å²) in [5.74, 6) is -0.0694. The van der Waals surface area contributed by atoms with Crippen LogP contribution >= 0.6 is 0 Å². The maximum atomic E-state index is 12.3. The third kappa shape index (κ3) is 4.62. The van der Waals surface area contributed by atoms with Gasteiger partial charge in [0.15, 0.2) is 0 Å². The van der Waals surface area contributed by atoms with Crippen molar-refractivity contribution in [3.8, 4) is 0 Å². The van der Waals surface area contributed by atoms with Crippen LogP contribution in [0.3, 0.4) is 0 Å². The van der Waals surface area contributed by atoms with Crippen LogP contribution in [0.2, 0.25) is 0 Å². The van der Waals surface area contributed by atoms with E-state index in [0.717, 1.165) is 18.4 Å². The number of hydrogen-bond donors (Lipinski definition) is 1. The monoisotopic (exact) mass is 338 g/mol. The number of piperidine rings is 1. The summed E-state index contributed by atoms with van der Waals surface area (Å²) in [7, 11) is 0. The van der Waals surface area contributed by atoms with Crippen LogP contribution < -0.4 is 5.32 Å². The van der Waals surface area contributed by atoms with Crippen LogP contribution in [0.4, 0.5) is 0 Å². The molecule has 2 amide bonds. The number of likely N-dealkylation sites (tertiary alicyclic amines) is 1. The van der Waals surface area contributed by atoms with Crippen LogP contribution in [0.1, 0.15) is 34.5 Å². The molecular weight excluding hydrogens is 316 g/mol. The van der Waals surface area contributed by atoms with Crippen molar-refractivity contribution >= 4 is 11.8 Å². The molecule has 1 fully saturated rings. The number of aryl methyl sites for hydroxylation is 1. The number of rotatable bonds is 4. The van der Waals surface area contributed by atoms with Crippen LogP contribution in [0.5, 0.6) is 0 Å². The van der Waals surface area contributed by atoms with Crippen molar-refractivity contribution in [2.45, 2.75) is 32.2 Å². The lowest BCUT2D eigenvalue weighted by Gasteiger charge is -2.32. The molecule has 1 aromatic carbocycles. The summed E-state index contributed by atoms with van der Waals surface area (Å²) in [6.07, 6.45) is 6.45. The summed E-state index contributed by atoms with van der Waals surface area (Å²) < 4.78 is 0. The molecule has 6 nitrogen and oxygen atoms in total. The Morgan fingerprint density at radius 1 is 1.16 bits per heavy atom. The second-order valence-electron chi connectivity index (χ2n) is 6.39. The first-order chi connectivity index (χ1) is 12.1. The van der Waals surface area contributed by atoms with Crippen molar-refractivity contribution in [2.75, 3.05) is 13.1 Å². The molecule has 0 aliphatic carbocycles. The van der Waals surface area contributed by atoms with Gasteiger partial charge < -0.3 is 10.2 Å². The van der Waals surface area contributed by atoms with Gasteiger partial charge in [0, 0.05) is 31.5 Å².